The zero-order valence-electron chi connectivity index (χ0n) is 28.6. The molecule has 8 aliphatic rings. The molecule has 14 nitrogen and oxygen atoms in total. The van der Waals surface area contributed by atoms with Crippen LogP contribution in [0, 0.1) is 39.9 Å². The molecule has 14 heteroatoms. The van der Waals surface area contributed by atoms with Gasteiger partial charge in [0.25, 0.3) is 5.79 Å². The monoisotopic (exact) mass is 678 g/mol. The second kappa shape index (κ2) is 9.71. The average molecular weight is 679 g/mol. The highest BCUT2D eigenvalue weighted by Gasteiger charge is 2.94. The van der Waals surface area contributed by atoms with Crippen LogP contribution >= 0.6 is 0 Å². The Labute approximate surface area is 278 Å². The van der Waals surface area contributed by atoms with E-state index >= 15 is 0 Å². The highest BCUT2D eigenvalue weighted by Crippen LogP contribution is 2.81. The van der Waals surface area contributed by atoms with Crippen LogP contribution in [0.15, 0.2) is 12.3 Å². The fraction of sp³-hybridized carbons (Fsp3) is 0.853. The van der Waals surface area contributed by atoms with Crippen LogP contribution in [-0.4, -0.2) is 115 Å². The van der Waals surface area contributed by atoms with E-state index in [-0.39, 0.29) is 26.1 Å². The van der Waals surface area contributed by atoms with Crippen molar-refractivity contribution < 1.29 is 67.2 Å². The van der Waals surface area contributed by atoms with Gasteiger partial charge < -0.3 is 52.8 Å². The Morgan fingerprint density at radius 2 is 1.73 bits per heavy atom. The molecule has 0 aromatic heterocycles. The van der Waals surface area contributed by atoms with Gasteiger partial charge in [-0.1, -0.05) is 27.7 Å². The van der Waals surface area contributed by atoms with Crippen LogP contribution in [0.5, 0.6) is 0 Å². The minimum absolute atomic E-state index is 0.0856. The van der Waals surface area contributed by atoms with Gasteiger partial charge >= 0.3 is 17.9 Å². The quantitative estimate of drug-likeness (QED) is 0.311. The van der Waals surface area contributed by atoms with Crippen LogP contribution in [0.2, 0.25) is 0 Å². The first-order chi connectivity index (χ1) is 22.5. The summed E-state index contributed by atoms with van der Waals surface area (Å²) >= 11 is 0. The van der Waals surface area contributed by atoms with Crippen molar-refractivity contribution in [1.82, 2.24) is 0 Å². The second-order valence-electron chi connectivity index (χ2n) is 16.1. The zero-order valence-corrected chi connectivity index (χ0v) is 28.6. The number of carbonyl (C=O) groups excluding carboxylic acids is 3. The SMILES string of the molecule is COC(=O)[C@@]1(OC)OC[C@@]23[C@@H](OC(=O)C(C)C)C[C@@H](OC(C)=O)[C@@]4(C)CO[C@@H]([C@H]5O[C@]6(C)[C@H]7C[C@H](O[C@H]8OC=C[C@]87O)[C@]6(O)[C@@]5(C)[C@H]12)[C@@H]43. The Hall–Kier alpha value is -2.33. The molecule has 266 valence electrons. The Kier molecular flexibility index (Phi) is 6.64. The van der Waals surface area contributed by atoms with Crippen molar-refractivity contribution >= 4 is 17.9 Å². The number of rotatable bonds is 5. The van der Waals surface area contributed by atoms with Crippen molar-refractivity contribution in [1.29, 1.82) is 0 Å². The number of aliphatic hydroxyl groups is 2. The number of carbonyl (C=O) groups is 3. The summed E-state index contributed by atoms with van der Waals surface area (Å²) in [5.74, 6) is -6.79. The first-order valence-corrected chi connectivity index (χ1v) is 16.9. The molecule has 16 atom stereocenters. The maximum Gasteiger partial charge on any atom is 0.366 e. The molecule has 0 aromatic carbocycles. The van der Waals surface area contributed by atoms with Crippen LogP contribution in [0.25, 0.3) is 0 Å². The number of fused-ring (bicyclic) bond motifs is 11. The topological polar surface area (TPSA) is 175 Å². The number of ether oxygens (including phenoxy) is 9. The van der Waals surface area contributed by atoms with Crippen molar-refractivity contribution in [3.05, 3.63) is 12.3 Å². The standard InChI is InChI=1S/C34H46O14/c1-15(2)24(36)46-19-12-18(45-16(3)35)28(4)13-43-21-22(28)31(19)14-44-33(41-8,26(37)40-7)25(31)29(5)23(21)48-30(6)17-11-20(34(29,30)39)47-27-32(17,38)9-10-42-27/h9-10,15,17-23,25,27,38-39H,11-14H2,1-8H3/t17-,18-,19+,20+,21-,22+,23-,25+,27-,28-,29-,30-,31+,32-,33+,34+/m1/s1. The molecular formula is C34H46O14. The van der Waals surface area contributed by atoms with Gasteiger partial charge in [-0.25, -0.2) is 4.79 Å². The highest BCUT2D eigenvalue weighted by molar-refractivity contribution is 5.80. The molecule has 0 amide bonds. The smallest absolute Gasteiger partial charge is 0.366 e. The Morgan fingerprint density at radius 1 is 1.00 bits per heavy atom. The van der Waals surface area contributed by atoms with Crippen LogP contribution < -0.4 is 0 Å². The van der Waals surface area contributed by atoms with Crippen molar-refractivity contribution in [3.8, 4) is 0 Å². The zero-order chi connectivity index (χ0) is 34.6. The van der Waals surface area contributed by atoms with Gasteiger partial charge in [0.05, 0.1) is 50.8 Å². The molecule has 0 aromatic rings. The first kappa shape index (κ1) is 32.9. The number of hydrogen-bond donors (Lipinski definition) is 2. The second-order valence-corrected chi connectivity index (χ2v) is 16.1. The molecule has 4 saturated heterocycles. The maximum absolute atomic E-state index is 14.1. The summed E-state index contributed by atoms with van der Waals surface area (Å²) in [5.41, 5.74) is -8.57. The number of methoxy groups -OCH3 is 2. The van der Waals surface area contributed by atoms with Gasteiger partial charge in [0.2, 0.25) is 6.29 Å². The molecule has 5 heterocycles. The van der Waals surface area contributed by atoms with Crippen molar-refractivity contribution in [2.45, 2.75) is 114 Å². The Bertz CT molecular complexity index is 1480. The highest BCUT2D eigenvalue weighted by atomic mass is 16.7. The average Bonchev–Trinajstić information content (AvgIpc) is 3.78. The molecule has 0 radical (unpaired) electrons. The maximum atomic E-state index is 14.1. The van der Waals surface area contributed by atoms with Gasteiger partial charge in [0, 0.05) is 54.5 Å². The third kappa shape index (κ3) is 3.28. The summed E-state index contributed by atoms with van der Waals surface area (Å²) in [6.07, 6.45) is -2.14. The van der Waals surface area contributed by atoms with Gasteiger partial charge in [0.15, 0.2) is 5.60 Å². The van der Waals surface area contributed by atoms with Crippen molar-refractivity contribution in [2.75, 3.05) is 27.4 Å². The van der Waals surface area contributed by atoms with E-state index in [1.165, 1.54) is 33.5 Å². The summed E-state index contributed by atoms with van der Waals surface area (Å²) < 4.78 is 56.4. The van der Waals surface area contributed by atoms with E-state index < -0.39 is 117 Å². The van der Waals surface area contributed by atoms with E-state index in [1.807, 2.05) is 13.8 Å². The molecule has 3 saturated carbocycles. The molecule has 7 fully saturated rings. The van der Waals surface area contributed by atoms with Crippen molar-refractivity contribution in [3.63, 3.8) is 0 Å². The van der Waals surface area contributed by atoms with E-state index in [9.17, 15) is 24.6 Å². The lowest BCUT2D eigenvalue weighted by atomic mass is 9.37. The lowest BCUT2D eigenvalue weighted by molar-refractivity contribution is -0.318. The van der Waals surface area contributed by atoms with Crippen LogP contribution in [0.3, 0.4) is 0 Å². The summed E-state index contributed by atoms with van der Waals surface area (Å²) in [5, 5.41) is 25.6. The Balaban J connectivity index is 1.41. The van der Waals surface area contributed by atoms with Crippen molar-refractivity contribution in [2.24, 2.45) is 39.9 Å². The van der Waals surface area contributed by atoms with E-state index in [4.69, 9.17) is 42.6 Å². The molecule has 2 bridgehead atoms. The van der Waals surface area contributed by atoms with Gasteiger partial charge in [-0.15, -0.1) is 0 Å². The van der Waals surface area contributed by atoms with Gasteiger partial charge in [-0.2, -0.15) is 0 Å². The van der Waals surface area contributed by atoms with Gasteiger partial charge in [-0.3, -0.25) is 9.59 Å². The fourth-order valence-electron chi connectivity index (χ4n) is 12.3. The summed E-state index contributed by atoms with van der Waals surface area (Å²) in [7, 11) is 2.58. The largest absolute Gasteiger partial charge is 0.469 e. The third-order valence-electron chi connectivity index (χ3n) is 14.0. The number of esters is 3. The lowest BCUT2D eigenvalue weighted by Crippen LogP contribution is -2.78. The van der Waals surface area contributed by atoms with Crippen LogP contribution in [0.1, 0.15) is 54.4 Å². The molecule has 48 heavy (non-hydrogen) atoms. The minimum Gasteiger partial charge on any atom is -0.469 e. The predicted octanol–water partition coefficient (Wildman–Crippen LogP) is 0.988. The lowest BCUT2D eigenvalue weighted by Gasteiger charge is -2.66. The van der Waals surface area contributed by atoms with E-state index in [2.05, 4.69) is 0 Å². The fourth-order valence-corrected chi connectivity index (χ4v) is 12.3. The van der Waals surface area contributed by atoms with E-state index in [1.54, 1.807) is 20.8 Å². The Morgan fingerprint density at radius 3 is 2.38 bits per heavy atom. The minimum atomic E-state index is -2.10. The molecular weight excluding hydrogens is 632 g/mol. The first-order valence-electron chi connectivity index (χ1n) is 16.9. The van der Waals surface area contributed by atoms with Crippen LogP contribution in [0.4, 0.5) is 0 Å². The third-order valence-corrected chi connectivity index (χ3v) is 14.0. The summed E-state index contributed by atoms with van der Waals surface area (Å²) in [4.78, 5) is 40.2. The molecule has 3 aliphatic carbocycles. The van der Waals surface area contributed by atoms with E-state index in [0.717, 1.165) is 0 Å². The molecule has 1 spiro atoms. The van der Waals surface area contributed by atoms with Gasteiger partial charge in [-0.05, 0) is 19.4 Å². The number of hydrogen-bond acceptors (Lipinski definition) is 14. The normalized spacial score (nSPS) is 56.4. The summed E-state index contributed by atoms with van der Waals surface area (Å²) in [6, 6.07) is 0. The van der Waals surface area contributed by atoms with Gasteiger partial charge in [0.1, 0.15) is 23.4 Å². The predicted molar refractivity (Wildman–Crippen MR) is 158 cm³/mol. The van der Waals surface area contributed by atoms with Crippen LogP contribution in [-0.2, 0) is 57.0 Å². The molecule has 5 aliphatic heterocycles. The molecule has 0 unspecified atom stereocenters. The summed E-state index contributed by atoms with van der Waals surface area (Å²) in [6.45, 7) is 10.4. The molecule has 2 N–H and O–H groups in total. The molecule has 8 rings (SSSR count). The van der Waals surface area contributed by atoms with E-state index in [0.29, 0.717) is 0 Å².